The Balaban J connectivity index is 2.40. The molecule has 17 heavy (non-hydrogen) atoms. The third-order valence-corrected chi connectivity index (χ3v) is 4.07. The zero-order chi connectivity index (χ0) is 12.5. The first-order valence-electron chi connectivity index (χ1n) is 6.56. The van der Waals surface area contributed by atoms with E-state index in [-0.39, 0.29) is 11.7 Å². The van der Waals surface area contributed by atoms with Gasteiger partial charge in [0.1, 0.15) is 5.82 Å². The third-order valence-electron chi connectivity index (χ3n) is 4.07. The molecule has 1 N–H and O–H groups in total. The van der Waals surface area contributed by atoms with E-state index in [0.717, 1.165) is 36.8 Å². The summed E-state index contributed by atoms with van der Waals surface area (Å²) in [6.07, 6.45) is 4.96. The first-order chi connectivity index (χ1) is 8.06. The normalized spacial score (nSPS) is 29.3. The van der Waals surface area contributed by atoms with Gasteiger partial charge in [-0.05, 0) is 48.9 Å². The number of rotatable bonds is 2. The van der Waals surface area contributed by atoms with Crippen molar-refractivity contribution in [3.05, 3.63) is 35.1 Å². The van der Waals surface area contributed by atoms with Gasteiger partial charge in [-0.3, -0.25) is 0 Å². The average Bonchev–Trinajstić information content (AvgIpc) is 2.28. The van der Waals surface area contributed by atoms with E-state index in [0.29, 0.717) is 0 Å². The zero-order valence-corrected chi connectivity index (χ0v) is 10.7. The Morgan fingerprint density at radius 1 is 1.35 bits per heavy atom. The fourth-order valence-electron chi connectivity index (χ4n) is 3.14. The minimum absolute atomic E-state index is 0.242. The molecule has 1 nitrogen and oxygen atoms in total. The molecule has 0 spiro atoms. The van der Waals surface area contributed by atoms with Gasteiger partial charge in [0.25, 0.3) is 0 Å². The molecule has 1 saturated carbocycles. The number of benzene rings is 1. The Hall–Kier alpha value is -0.890. The van der Waals surface area contributed by atoms with Crippen LogP contribution >= 0.6 is 0 Å². The summed E-state index contributed by atoms with van der Waals surface area (Å²) in [5, 5.41) is 10.9. The lowest BCUT2D eigenvalue weighted by Gasteiger charge is -2.40. The average molecular weight is 236 g/mol. The molecule has 1 aliphatic carbocycles. The van der Waals surface area contributed by atoms with Crippen molar-refractivity contribution in [1.29, 1.82) is 0 Å². The minimum atomic E-state index is -0.820. The van der Waals surface area contributed by atoms with Gasteiger partial charge in [-0.2, -0.15) is 0 Å². The fraction of sp³-hybridized carbons (Fsp3) is 0.600. The molecule has 1 aliphatic rings. The molecule has 1 aromatic carbocycles. The van der Waals surface area contributed by atoms with Crippen molar-refractivity contribution in [3.63, 3.8) is 0 Å². The van der Waals surface area contributed by atoms with E-state index in [9.17, 15) is 9.50 Å². The first-order valence-corrected chi connectivity index (χ1v) is 6.56. The molecule has 2 unspecified atom stereocenters. The summed E-state index contributed by atoms with van der Waals surface area (Å²) in [4.78, 5) is 0. The Morgan fingerprint density at radius 2 is 2.12 bits per heavy atom. The second-order valence-electron chi connectivity index (χ2n) is 5.29. The van der Waals surface area contributed by atoms with Crippen LogP contribution in [0.1, 0.15) is 50.2 Å². The minimum Gasteiger partial charge on any atom is -0.385 e. The van der Waals surface area contributed by atoms with Gasteiger partial charge in [0.15, 0.2) is 0 Å². The van der Waals surface area contributed by atoms with Crippen LogP contribution in [0.4, 0.5) is 4.39 Å². The van der Waals surface area contributed by atoms with Crippen LogP contribution in [0.5, 0.6) is 0 Å². The van der Waals surface area contributed by atoms with Crippen LogP contribution in [0, 0.1) is 18.7 Å². The summed E-state index contributed by atoms with van der Waals surface area (Å²) in [5.41, 5.74) is 0.829. The molecule has 0 radical (unpaired) electrons. The molecular weight excluding hydrogens is 215 g/mol. The van der Waals surface area contributed by atoms with E-state index in [1.165, 1.54) is 18.6 Å². The van der Waals surface area contributed by atoms with Gasteiger partial charge in [0.05, 0.1) is 5.60 Å². The van der Waals surface area contributed by atoms with E-state index in [1.54, 1.807) is 0 Å². The Morgan fingerprint density at radius 3 is 2.76 bits per heavy atom. The molecule has 0 saturated heterocycles. The Kier molecular flexibility index (Phi) is 3.53. The number of aliphatic hydroxyl groups is 1. The smallest absolute Gasteiger partial charge is 0.123 e. The standard InChI is InChI=1S/C15H21FO/c1-3-12-6-4-5-7-15(12,17)13-8-11(2)9-14(16)10-13/h8-10,12,17H,3-7H2,1-2H3. The summed E-state index contributed by atoms with van der Waals surface area (Å²) in [6, 6.07) is 4.94. The van der Waals surface area contributed by atoms with Crippen molar-refractivity contribution in [2.45, 2.75) is 51.6 Å². The lowest BCUT2D eigenvalue weighted by atomic mass is 9.70. The quantitative estimate of drug-likeness (QED) is 0.825. The van der Waals surface area contributed by atoms with Crippen LogP contribution in [-0.2, 0) is 5.60 Å². The molecule has 0 bridgehead atoms. The highest BCUT2D eigenvalue weighted by atomic mass is 19.1. The predicted molar refractivity (Wildman–Crippen MR) is 67.3 cm³/mol. The van der Waals surface area contributed by atoms with Crippen LogP contribution in [-0.4, -0.2) is 5.11 Å². The van der Waals surface area contributed by atoms with E-state index < -0.39 is 5.60 Å². The molecule has 2 rings (SSSR count). The summed E-state index contributed by atoms with van der Waals surface area (Å²) < 4.78 is 13.5. The van der Waals surface area contributed by atoms with Crippen molar-refractivity contribution in [1.82, 2.24) is 0 Å². The van der Waals surface area contributed by atoms with Gasteiger partial charge in [-0.1, -0.05) is 32.3 Å². The molecule has 0 amide bonds. The van der Waals surface area contributed by atoms with Crippen molar-refractivity contribution in [2.75, 3.05) is 0 Å². The SMILES string of the molecule is CCC1CCCCC1(O)c1cc(C)cc(F)c1. The monoisotopic (exact) mass is 236 g/mol. The highest BCUT2D eigenvalue weighted by molar-refractivity contribution is 5.29. The second-order valence-corrected chi connectivity index (χ2v) is 5.29. The number of aryl methyl sites for hydroxylation is 1. The zero-order valence-electron chi connectivity index (χ0n) is 10.7. The first kappa shape index (κ1) is 12.6. The van der Waals surface area contributed by atoms with E-state index >= 15 is 0 Å². The van der Waals surface area contributed by atoms with Gasteiger partial charge in [-0.15, -0.1) is 0 Å². The maximum absolute atomic E-state index is 13.5. The maximum atomic E-state index is 13.5. The number of halogens is 1. The molecule has 2 atom stereocenters. The fourth-order valence-corrected chi connectivity index (χ4v) is 3.14. The van der Waals surface area contributed by atoms with Crippen molar-refractivity contribution >= 4 is 0 Å². The maximum Gasteiger partial charge on any atom is 0.123 e. The lowest BCUT2D eigenvalue weighted by molar-refractivity contribution is -0.0560. The summed E-state index contributed by atoms with van der Waals surface area (Å²) >= 11 is 0. The molecule has 94 valence electrons. The van der Waals surface area contributed by atoms with Crippen LogP contribution in [0.2, 0.25) is 0 Å². The topological polar surface area (TPSA) is 20.2 Å². The van der Waals surface area contributed by atoms with Gasteiger partial charge in [0.2, 0.25) is 0 Å². The predicted octanol–water partition coefficient (Wildman–Crippen LogP) is 3.92. The number of hydrogen-bond acceptors (Lipinski definition) is 1. The van der Waals surface area contributed by atoms with E-state index in [4.69, 9.17) is 0 Å². The molecule has 2 heteroatoms. The lowest BCUT2D eigenvalue weighted by Crippen LogP contribution is -2.37. The van der Waals surface area contributed by atoms with E-state index in [2.05, 4.69) is 6.92 Å². The van der Waals surface area contributed by atoms with Crippen LogP contribution in [0.15, 0.2) is 18.2 Å². The highest BCUT2D eigenvalue weighted by Crippen LogP contribution is 2.43. The molecule has 1 fully saturated rings. The summed E-state index contributed by atoms with van der Waals surface area (Å²) in [6.45, 7) is 3.98. The van der Waals surface area contributed by atoms with Crippen LogP contribution in [0.25, 0.3) is 0 Å². The summed E-state index contributed by atoms with van der Waals surface area (Å²) in [5.74, 6) is 0.0197. The Labute approximate surface area is 103 Å². The molecule has 0 aliphatic heterocycles. The third kappa shape index (κ3) is 2.37. The van der Waals surface area contributed by atoms with Gasteiger partial charge in [-0.25, -0.2) is 4.39 Å². The number of hydrogen-bond donors (Lipinski definition) is 1. The molecular formula is C15H21FO. The van der Waals surface area contributed by atoms with E-state index in [1.807, 2.05) is 13.0 Å². The van der Waals surface area contributed by atoms with Gasteiger partial charge < -0.3 is 5.11 Å². The van der Waals surface area contributed by atoms with Crippen molar-refractivity contribution < 1.29 is 9.50 Å². The largest absolute Gasteiger partial charge is 0.385 e. The van der Waals surface area contributed by atoms with Crippen molar-refractivity contribution in [2.24, 2.45) is 5.92 Å². The molecule has 1 aromatic rings. The van der Waals surface area contributed by atoms with Crippen LogP contribution in [0.3, 0.4) is 0 Å². The molecule has 0 heterocycles. The Bertz CT molecular complexity index is 382. The van der Waals surface area contributed by atoms with Crippen LogP contribution < -0.4 is 0 Å². The van der Waals surface area contributed by atoms with Gasteiger partial charge >= 0.3 is 0 Å². The second kappa shape index (κ2) is 4.77. The molecule has 0 aromatic heterocycles. The van der Waals surface area contributed by atoms with Gasteiger partial charge in [0, 0.05) is 0 Å². The highest BCUT2D eigenvalue weighted by Gasteiger charge is 2.39. The summed E-state index contributed by atoms with van der Waals surface area (Å²) in [7, 11) is 0. The van der Waals surface area contributed by atoms with Crippen molar-refractivity contribution in [3.8, 4) is 0 Å².